The van der Waals surface area contributed by atoms with E-state index in [1.54, 1.807) is 18.2 Å². The summed E-state index contributed by atoms with van der Waals surface area (Å²) in [6.07, 6.45) is 0. The summed E-state index contributed by atoms with van der Waals surface area (Å²) in [7, 11) is 0. The van der Waals surface area contributed by atoms with Crippen LogP contribution in [0.5, 0.6) is 11.5 Å². The Morgan fingerprint density at radius 1 is 1.25 bits per heavy atom. The molecule has 0 saturated heterocycles. The quantitative estimate of drug-likeness (QED) is 0.373. The SMILES string of the molecule is Cc1cc(Br)ccc1Oc1ccc(Cl)cc1C(N)=NO. The molecule has 0 atom stereocenters. The molecule has 3 N–H and O–H groups in total. The minimum atomic E-state index is -0.0581. The lowest BCUT2D eigenvalue weighted by molar-refractivity contribution is 0.318. The Morgan fingerprint density at radius 3 is 2.60 bits per heavy atom. The van der Waals surface area contributed by atoms with Crippen LogP contribution in [0.3, 0.4) is 0 Å². The van der Waals surface area contributed by atoms with Gasteiger partial charge in [0.25, 0.3) is 0 Å². The fourth-order valence-corrected chi connectivity index (χ4v) is 2.34. The van der Waals surface area contributed by atoms with E-state index in [1.807, 2.05) is 25.1 Å². The van der Waals surface area contributed by atoms with Crippen molar-refractivity contribution in [3.05, 3.63) is 57.0 Å². The van der Waals surface area contributed by atoms with Gasteiger partial charge < -0.3 is 15.7 Å². The van der Waals surface area contributed by atoms with Gasteiger partial charge in [-0.1, -0.05) is 32.7 Å². The zero-order valence-electron chi connectivity index (χ0n) is 10.6. The van der Waals surface area contributed by atoms with Crippen LogP contribution in [0.15, 0.2) is 46.0 Å². The van der Waals surface area contributed by atoms with Gasteiger partial charge in [-0.25, -0.2) is 0 Å². The molecule has 0 aliphatic rings. The van der Waals surface area contributed by atoms with E-state index in [4.69, 9.17) is 27.3 Å². The maximum absolute atomic E-state index is 8.82. The van der Waals surface area contributed by atoms with Crippen LogP contribution in [-0.4, -0.2) is 11.0 Å². The average Bonchev–Trinajstić information content (AvgIpc) is 2.42. The first kappa shape index (κ1) is 14.7. The molecule has 0 radical (unpaired) electrons. The third-order valence-corrected chi connectivity index (χ3v) is 3.41. The summed E-state index contributed by atoms with van der Waals surface area (Å²) in [6, 6.07) is 10.6. The minimum Gasteiger partial charge on any atom is -0.456 e. The highest BCUT2D eigenvalue weighted by molar-refractivity contribution is 9.10. The Bertz CT molecular complexity index is 674. The predicted molar refractivity (Wildman–Crippen MR) is 82.9 cm³/mol. The van der Waals surface area contributed by atoms with Gasteiger partial charge in [-0.3, -0.25) is 0 Å². The van der Waals surface area contributed by atoms with Crippen molar-refractivity contribution in [2.75, 3.05) is 0 Å². The number of benzene rings is 2. The molecule has 2 rings (SSSR count). The van der Waals surface area contributed by atoms with Crippen LogP contribution < -0.4 is 10.5 Å². The van der Waals surface area contributed by atoms with Gasteiger partial charge >= 0.3 is 0 Å². The van der Waals surface area contributed by atoms with Crippen LogP contribution in [0.4, 0.5) is 0 Å². The summed E-state index contributed by atoms with van der Waals surface area (Å²) in [5.74, 6) is 1.09. The van der Waals surface area contributed by atoms with Crippen molar-refractivity contribution in [3.63, 3.8) is 0 Å². The van der Waals surface area contributed by atoms with Crippen LogP contribution in [0.2, 0.25) is 5.02 Å². The topological polar surface area (TPSA) is 67.8 Å². The summed E-state index contributed by atoms with van der Waals surface area (Å²) < 4.78 is 6.79. The molecule has 0 spiro atoms. The fourth-order valence-electron chi connectivity index (χ4n) is 1.69. The predicted octanol–water partition coefficient (Wildman–Crippen LogP) is 4.30. The molecule has 2 aromatic carbocycles. The van der Waals surface area contributed by atoms with Crippen LogP contribution in [0.1, 0.15) is 11.1 Å². The molecule has 0 saturated carbocycles. The first-order valence-corrected chi connectivity index (χ1v) is 6.90. The van der Waals surface area contributed by atoms with Gasteiger partial charge in [-0.15, -0.1) is 0 Å². The smallest absolute Gasteiger partial charge is 0.173 e. The van der Waals surface area contributed by atoms with Crippen molar-refractivity contribution in [2.24, 2.45) is 10.9 Å². The maximum Gasteiger partial charge on any atom is 0.173 e. The van der Waals surface area contributed by atoms with Gasteiger partial charge in [0.2, 0.25) is 0 Å². The van der Waals surface area contributed by atoms with E-state index in [-0.39, 0.29) is 5.84 Å². The number of aryl methyl sites for hydroxylation is 1. The Kier molecular flexibility index (Phi) is 4.52. The molecule has 4 nitrogen and oxygen atoms in total. The van der Waals surface area contributed by atoms with Gasteiger partial charge in [0.1, 0.15) is 11.5 Å². The molecule has 0 unspecified atom stereocenters. The molecule has 0 bridgehead atoms. The minimum absolute atomic E-state index is 0.0581. The largest absolute Gasteiger partial charge is 0.456 e. The number of nitrogens with two attached hydrogens (primary N) is 1. The molecule has 0 aromatic heterocycles. The zero-order valence-corrected chi connectivity index (χ0v) is 12.9. The van der Waals surface area contributed by atoms with Gasteiger partial charge in [-0.05, 0) is 48.9 Å². The van der Waals surface area contributed by atoms with E-state index in [9.17, 15) is 0 Å². The van der Waals surface area contributed by atoms with Gasteiger partial charge in [0.05, 0.1) is 5.56 Å². The summed E-state index contributed by atoms with van der Waals surface area (Å²) >= 11 is 9.31. The average molecular weight is 356 g/mol. The number of hydrogen-bond donors (Lipinski definition) is 2. The van der Waals surface area contributed by atoms with E-state index in [1.165, 1.54) is 0 Å². The Morgan fingerprint density at radius 2 is 1.95 bits per heavy atom. The third kappa shape index (κ3) is 3.23. The molecule has 0 heterocycles. The fraction of sp³-hybridized carbons (Fsp3) is 0.0714. The highest BCUT2D eigenvalue weighted by atomic mass is 79.9. The van der Waals surface area contributed by atoms with E-state index in [2.05, 4.69) is 21.1 Å². The van der Waals surface area contributed by atoms with Crippen LogP contribution in [0.25, 0.3) is 0 Å². The lowest BCUT2D eigenvalue weighted by Gasteiger charge is -2.12. The van der Waals surface area contributed by atoms with Gasteiger partial charge in [-0.2, -0.15) is 0 Å². The number of amidine groups is 1. The van der Waals surface area contributed by atoms with E-state index >= 15 is 0 Å². The summed E-state index contributed by atoms with van der Waals surface area (Å²) in [4.78, 5) is 0. The third-order valence-electron chi connectivity index (χ3n) is 2.68. The molecule has 0 fully saturated rings. The highest BCUT2D eigenvalue weighted by Crippen LogP contribution is 2.31. The normalized spacial score (nSPS) is 11.4. The highest BCUT2D eigenvalue weighted by Gasteiger charge is 2.11. The second-order valence-corrected chi connectivity index (χ2v) is 5.49. The summed E-state index contributed by atoms with van der Waals surface area (Å²) in [6.45, 7) is 1.93. The van der Waals surface area contributed by atoms with Crippen molar-refractivity contribution < 1.29 is 9.94 Å². The first-order valence-electron chi connectivity index (χ1n) is 5.72. The molecule has 104 valence electrons. The molecule has 0 aliphatic heterocycles. The van der Waals surface area contributed by atoms with Gasteiger partial charge in [0, 0.05) is 9.50 Å². The van der Waals surface area contributed by atoms with E-state index in [0.717, 1.165) is 10.0 Å². The second-order valence-electron chi connectivity index (χ2n) is 4.14. The monoisotopic (exact) mass is 354 g/mol. The van der Waals surface area contributed by atoms with Crippen LogP contribution in [-0.2, 0) is 0 Å². The zero-order chi connectivity index (χ0) is 14.7. The Labute approximate surface area is 129 Å². The number of halogens is 2. The Balaban J connectivity index is 2.43. The van der Waals surface area contributed by atoms with E-state index in [0.29, 0.717) is 22.1 Å². The lowest BCUT2D eigenvalue weighted by Crippen LogP contribution is -2.14. The van der Waals surface area contributed by atoms with Crippen LogP contribution in [0, 0.1) is 6.92 Å². The lowest BCUT2D eigenvalue weighted by atomic mass is 10.1. The van der Waals surface area contributed by atoms with E-state index < -0.39 is 0 Å². The molecule has 2 aromatic rings. The molecule has 6 heteroatoms. The second kappa shape index (κ2) is 6.15. The molecule has 0 amide bonds. The molecular weight excluding hydrogens is 344 g/mol. The molecular formula is C14H12BrClN2O2. The standard InChI is InChI=1S/C14H12BrClN2O2/c1-8-6-9(15)2-4-12(8)20-13-5-3-10(16)7-11(13)14(17)18-19/h2-7,19H,1H3,(H2,17,18). The van der Waals surface area contributed by atoms with Crippen LogP contribution >= 0.6 is 27.5 Å². The van der Waals surface area contributed by atoms with Crippen molar-refractivity contribution in [1.29, 1.82) is 0 Å². The molecule has 20 heavy (non-hydrogen) atoms. The summed E-state index contributed by atoms with van der Waals surface area (Å²) in [5.41, 5.74) is 7.02. The maximum atomic E-state index is 8.82. The molecule has 0 aliphatic carbocycles. The number of oxime groups is 1. The first-order chi connectivity index (χ1) is 9.51. The van der Waals surface area contributed by atoms with Crippen molar-refractivity contribution >= 4 is 33.4 Å². The number of rotatable bonds is 3. The van der Waals surface area contributed by atoms with Gasteiger partial charge in [0.15, 0.2) is 5.84 Å². The number of ether oxygens (including phenoxy) is 1. The Hall–Kier alpha value is -1.72. The van der Waals surface area contributed by atoms with Crippen molar-refractivity contribution in [2.45, 2.75) is 6.92 Å². The van der Waals surface area contributed by atoms with Crippen molar-refractivity contribution in [3.8, 4) is 11.5 Å². The summed E-state index contributed by atoms with van der Waals surface area (Å²) in [5, 5.41) is 12.3. The number of nitrogens with zero attached hydrogens (tertiary/aromatic N) is 1. The number of hydrogen-bond acceptors (Lipinski definition) is 3. The van der Waals surface area contributed by atoms with Crippen molar-refractivity contribution in [1.82, 2.24) is 0 Å².